The first-order valence-corrected chi connectivity index (χ1v) is 10.2. The number of hydrogen-bond acceptors (Lipinski definition) is 5. The number of aromatic nitrogens is 1. The van der Waals surface area contributed by atoms with Gasteiger partial charge in [0.2, 0.25) is 0 Å². The van der Waals surface area contributed by atoms with E-state index in [0.717, 1.165) is 10.6 Å². The number of anilines is 1. The van der Waals surface area contributed by atoms with Crippen molar-refractivity contribution in [3.63, 3.8) is 0 Å². The second-order valence-electron chi connectivity index (χ2n) is 6.95. The highest BCUT2D eigenvalue weighted by molar-refractivity contribution is 9.10. The van der Waals surface area contributed by atoms with Crippen molar-refractivity contribution in [3.05, 3.63) is 43.3 Å². The maximum absolute atomic E-state index is 12.5. The predicted molar refractivity (Wildman–Crippen MR) is 107 cm³/mol. The molecule has 3 rings (SSSR count). The molecule has 2 heterocycles. The Labute approximate surface area is 175 Å². The minimum Gasteiger partial charge on any atom is -0.444 e. The lowest BCUT2D eigenvalue weighted by atomic mass is 10.2. The molecule has 1 aromatic heterocycles. The molecular formula is C18H17BrClN3O3S. The van der Waals surface area contributed by atoms with Crippen molar-refractivity contribution in [1.29, 1.82) is 0 Å². The van der Waals surface area contributed by atoms with Gasteiger partial charge in [-0.25, -0.2) is 9.78 Å². The van der Waals surface area contributed by atoms with Crippen LogP contribution in [0.3, 0.4) is 0 Å². The fourth-order valence-electron chi connectivity index (χ4n) is 2.44. The van der Waals surface area contributed by atoms with E-state index in [-0.39, 0.29) is 12.0 Å². The molecule has 0 radical (unpaired) electrons. The van der Waals surface area contributed by atoms with Crippen molar-refractivity contribution in [2.45, 2.75) is 39.3 Å². The maximum atomic E-state index is 12.5. The molecule has 0 spiro atoms. The summed E-state index contributed by atoms with van der Waals surface area (Å²) in [6, 6.07) is 7.16. The van der Waals surface area contributed by atoms with Crippen molar-refractivity contribution >= 4 is 56.6 Å². The van der Waals surface area contributed by atoms with Crippen LogP contribution in [-0.4, -0.2) is 34.0 Å². The van der Waals surface area contributed by atoms with Crippen LogP contribution >= 0.6 is 38.9 Å². The Kier molecular flexibility index (Phi) is 5.65. The van der Waals surface area contributed by atoms with E-state index < -0.39 is 5.60 Å². The van der Waals surface area contributed by atoms with Crippen LogP contribution in [0.4, 0.5) is 10.5 Å². The number of fused-ring (bicyclic) bond motifs is 1. The van der Waals surface area contributed by atoms with Gasteiger partial charge in [-0.3, -0.25) is 4.79 Å². The topological polar surface area (TPSA) is 71.5 Å². The summed E-state index contributed by atoms with van der Waals surface area (Å²) in [5.41, 5.74) is 0.618. The van der Waals surface area contributed by atoms with Crippen LogP contribution in [-0.2, 0) is 17.7 Å². The summed E-state index contributed by atoms with van der Waals surface area (Å²) in [7, 11) is 0. The molecule has 6 nitrogen and oxygen atoms in total. The summed E-state index contributed by atoms with van der Waals surface area (Å²) in [5, 5.41) is 3.36. The monoisotopic (exact) mass is 469 g/mol. The average molecular weight is 471 g/mol. The second-order valence-corrected chi connectivity index (χ2v) is 9.26. The highest BCUT2D eigenvalue weighted by Crippen LogP contribution is 2.30. The number of halogens is 2. The molecule has 1 aliphatic rings. The zero-order valence-electron chi connectivity index (χ0n) is 15.0. The molecule has 9 heteroatoms. The average Bonchev–Trinajstić information content (AvgIpc) is 3.00. The molecule has 27 heavy (non-hydrogen) atoms. The van der Waals surface area contributed by atoms with Gasteiger partial charge in [-0.1, -0.05) is 17.7 Å². The number of nitrogens with zero attached hydrogens (tertiary/aromatic N) is 2. The zero-order valence-corrected chi connectivity index (χ0v) is 18.1. The van der Waals surface area contributed by atoms with Crippen LogP contribution in [0.2, 0.25) is 5.02 Å². The third kappa shape index (κ3) is 4.72. The summed E-state index contributed by atoms with van der Waals surface area (Å²) >= 11 is 10.7. The summed E-state index contributed by atoms with van der Waals surface area (Å²) in [5.74, 6) is -0.372. The van der Waals surface area contributed by atoms with E-state index in [1.165, 1.54) is 11.3 Å². The van der Waals surface area contributed by atoms with E-state index >= 15 is 0 Å². The number of hydrogen-bond donors (Lipinski definition) is 1. The Morgan fingerprint density at radius 3 is 2.89 bits per heavy atom. The molecule has 2 aromatic rings. The Bertz CT molecular complexity index is 894. The highest BCUT2D eigenvalue weighted by atomic mass is 79.9. The van der Waals surface area contributed by atoms with E-state index in [1.807, 2.05) is 20.8 Å². The minimum atomic E-state index is -0.549. The Hall–Kier alpha value is -1.82. The molecule has 0 saturated heterocycles. The quantitative estimate of drug-likeness (QED) is 0.690. The van der Waals surface area contributed by atoms with Crippen molar-refractivity contribution in [3.8, 4) is 0 Å². The van der Waals surface area contributed by atoms with Crippen molar-refractivity contribution in [1.82, 2.24) is 9.88 Å². The molecule has 0 aliphatic carbocycles. The summed E-state index contributed by atoms with van der Waals surface area (Å²) < 4.78 is 6.03. The molecule has 0 unspecified atom stereocenters. The standard InChI is InChI=1S/C18H17BrClN3O3S/c1-18(2,3)26-17(25)23-8-7-11-13(9-23)27-16(22-11)15(24)21-12-6-4-5-10(19)14(12)20/h5H,7-9H2,1-3H3,(H,21,24). The number of amides is 2. The third-order valence-corrected chi connectivity index (χ3v) is 5.97. The molecule has 0 saturated carbocycles. The van der Waals surface area contributed by atoms with Gasteiger partial charge in [0.15, 0.2) is 5.01 Å². The van der Waals surface area contributed by atoms with Crippen molar-refractivity contribution in [2.75, 3.05) is 11.9 Å². The van der Waals surface area contributed by atoms with Crippen LogP contribution in [0.5, 0.6) is 0 Å². The lowest BCUT2D eigenvalue weighted by molar-refractivity contribution is 0.0225. The van der Waals surface area contributed by atoms with Gasteiger partial charge in [0.1, 0.15) is 11.3 Å². The smallest absolute Gasteiger partial charge is 0.410 e. The maximum Gasteiger partial charge on any atom is 0.410 e. The first-order valence-electron chi connectivity index (χ1n) is 8.19. The predicted octanol–water partition coefficient (Wildman–Crippen LogP) is 4.70. The van der Waals surface area contributed by atoms with Gasteiger partial charge in [0, 0.05) is 28.4 Å². The van der Waals surface area contributed by atoms with Crippen molar-refractivity contribution < 1.29 is 14.3 Å². The van der Waals surface area contributed by atoms with Crippen LogP contribution in [0, 0.1) is 12.1 Å². The molecule has 0 bridgehead atoms. The fourth-order valence-corrected chi connectivity index (χ4v) is 3.92. The molecule has 1 N–H and O–H groups in total. The molecule has 2 amide bonds. The SMILES string of the molecule is CC(C)(C)OC(=O)N1CCc2nc(C(=O)Nc3c#ccc(Br)c3Cl)sc2C1. The van der Waals surface area contributed by atoms with Crippen molar-refractivity contribution in [2.24, 2.45) is 0 Å². The van der Waals surface area contributed by atoms with Gasteiger partial charge >= 0.3 is 6.09 Å². The van der Waals surface area contributed by atoms with Crippen LogP contribution < -0.4 is 5.32 Å². The molecular weight excluding hydrogens is 454 g/mol. The fraction of sp³-hybridized carbons (Fsp3) is 0.389. The number of carbonyl (C=O) groups excluding carboxylic acids is 2. The van der Waals surface area contributed by atoms with E-state index in [4.69, 9.17) is 16.3 Å². The Balaban J connectivity index is 1.72. The first-order chi connectivity index (χ1) is 12.6. The highest BCUT2D eigenvalue weighted by Gasteiger charge is 2.29. The summed E-state index contributed by atoms with van der Waals surface area (Å²) in [6.07, 6.45) is 0.217. The number of thiazole rings is 1. The van der Waals surface area contributed by atoms with Gasteiger partial charge in [0.05, 0.1) is 17.3 Å². The number of carbonyl (C=O) groups is 2. The van der Waals surface area contributed by atoms with Gasteiger partial charge in [-0.15, -0.1) is 11.3 Å². The summed E-state index contributed by atoms with van der Waals surface area (Å²) in [4.78, 5) is 31.7. The number of ether oxygens (including phenoxy) is 1. The van der Waals surface area contributed by atoms with E-state index in [1.54, 1.807) is 11.0 Å². The molecule has 0 fully saturated rings. The third-order valence-electron chi connectivity index (χ3n) is 3.64. The van der Waals surface area contributed by atoms with E-state index in [0.29, 0.717) is 39.7 Å². The first kappa shape index (κ1) is 19.9. The van der Waals surface area contributed by atoms with Crippen LogP contribution in [0.15, 0.2) is 10.5 Å². The molecule has 1 aliphatic heterocycles. The summed E-state index contributed by atoms with van der Waals surface area (Å²) in [6.45, 7) is 6.38. The zero-order chi connectivity index (χ0) is 19.8. The van der Waals surface area contributed by atoms with Gasteiger partial charge in [0.25, 0.3) is 5.91 Å². The largest absolute Gasteiger partial charge is 0.444 e. The van der Waals surface area contributed by atoms with E-state index in [9.17, 15) is 9.59 Å². The molecule has 142 valence electrons. The lowest BCUT2D eigenvalue weighted by Gasteiger charge is -2.29. The normalized spacial score (nSPS) is 13.6. The van der Waals surface area contributed by atoms with Gasteiger partial charge in [-0.2, -0.15) is 0 Å². The Morgan fingerprint density at radius 2 is 2.19 bits per heavy atom. The molecule has 1 aromatic carbocycles. The minimum absolute atomic E-state index is 0.315. The van der Waals surface area contributed by atoms with Crippen LogP contribution in [0.1, 0.15) is 41.1 Å². The van der Waals surface area contributed by atoms with Crippen LogP contribution in [0.25, 0.3) is 0 Å². The number of nitrogens with one attached hydrogen (secondary N) is 1. The van der Waals surface area contributed by atoms with E-state index in [2.05, 4.69) is 38.4 Å². The van der Waals surface area contributed by atoms with Gasteiger partial charge in [-0.05, 0) is 42.8 Å². The Morgan fingerprint density at radius 1 is 1.44 bits per heavy atom. The number of rotatable bonds is 2. The molecule has 0 atom stereocenters. The lowest BCUT2D eigenvalue weighted by Crippen LogP contribution is -2.39. The van der Waals surface area contributed by atoms with Gasteiger partial charge < -0.3 is 15.0 Å². The second kappa shape index (κ2) is 7.66.